The maximum atomic E-state index is 5.81. The molecule has 1 aliphatic heterocycles. The molecule has 2 N–H and O–H groups in total. The molecule has 2 rings (SSSR count). The Morgan fingerprint density at radius 3 is 2.40 bits per heavy atom. The minimum Gasteiger partial charge on any atom is -0.373 e. The predicted molar refractivity (Wildman–Crippen MR) is 105 cm³/mol. The normalized spacial score (nSPS) is 20.9. The highest BCUT2D eigenvalue weighted by Gasteiger charge is 2.29. The second-order valence-electron chi connectivity index (χ2n) is 6.96. The van der Waals surface area contributed by atoms with E-state index in [1.807, 2.05) is 0 Å². The van der Waals surface area contributed by atoms with E-state index < -0.39 is 0 Å². The fourth-order valence-electron chi connectivity index (χ4n) is 3.12. The van der Waals surface area contributed by atoms with Gasteiger partial charge in [0.25, 0.3) is 0 Å². The Bertz CT molecular complexity index is 531. The summed E-state index contributed by atoms with van der Waals surface area (Å²) in [5, 5.41) is 6.76. The van der Waals surface area contributed by atoms with E-state index in [-0.39, 0.29) is 5.60 Å². The Hall–Kier alpha value is -1.59. The van der Waals surface area contributed by atoms with Gasteiger partial charge in [0.2, 0.25) is 0 Å². The monoisotopic (exact) mass is 346 g/mol. The second-order valence-corrected chi connectivity index (χ2v) is 6.96. The van der Waals surface area contributed by atoms with E-state index in [0.29, 0.717) is 0 Å². The molecule has 0 aromatic heterocycles. The van der Waals surface area contributed by atoms with Crippen LogP contribution < -0.4 is 10.6 Å². The number of guanidine groups is 1. The largest absolute Gasteiger partial charge is 0.373 e. The molecule has 1 unspecified atom stereocenters. The van der Waals surface area contributed by atoms with Crippen LogP contribution in [-0.4, -0.2) is 49.7 Å². The molecule has 1 atom stereocenters. The van der Waals surface area contributed by atoms with Crippen molar-refractivity contribution in [1.82, 2.24) is 15.5 Å². The first kappa shape index (κ1) is 19.7. The third kappa shape index (κ3) is 6.33. The van der Waals surface area contributed by atoms with Crippen LogP contribution in [-0.2, 0) is 17.8 Å². The van der Waals surface area contributed by atoms with Crippen LogP contribution in [0.15, 0.2) is 29.3 Å². The van der Waals surface area contributed by atoms with E-state index in [1.165, 1.54) is 11.1 Å². The van der Waals surface area contributed by atoms with Crippen LogP contribution in [0.3, 0.4) is 0 Å². The van der Waals surface area contributed by atoms with Crippen molar-refractivity contribution in [3.05, 3.63) is 35.4 Å². The zero-order valence-corrected chi connectivity index (χ0v) is 16.3. The molecule has 0 spiro atoms. The van der Waals surface area contributed by atoms with Gasteiger partial charge in [-0.3, -0.25) is 9.89 Å². The number of aliphatic imine (C=N–C) groups is 1. The molecular weight excluding hydrogens is 312 g/mol. The minimum atomic E-state index is -0.0658. The van der Waals surface area contributed by atoms with Gasteiger partial charge in [0, 0.05) is 33.3 Å². The summed E-state index contributed by atoms with van der Waals surface area (Å²) in [7, 11) is 1.81. The van der Waals surface area contributed by atoms with Crippen LogP contribution in [0.2, 0.25) is 0 Å². The number of benzene rings is 1. The maximum Gasteiger partial charge on any atom is 0.191 e. The first-order valence-electron chi connectivity index (χ1n) is 9.47. The van der Waals surface area contributed by atoms with E-state index in [1.54, 1.807) is 7.05 Å². The quantitative estimate of drug-likeness (QED) is 0.561. The molecule has 5 heteroatoms. The Morgan fingerprint density at radius 2 is 1.84 bits per heavy atom. The third-order valence-electron chi connectivity index (χ3n) is 4.94. The van der Waals surface area contributed by atoms with Gasteiger partial charge < -0.3 is 15.4 Å². The van der Waals surface area contributed by atoms with E-state index in [2.05, 4.69) is 65.6 Å². The van der Waals surface area contributed by atoms with Gasteiger partial charge >= 0.3 is 0 Å². The summed E-state index contributed by atoms with van der Waals surface area (Å²) >= 11 is 0. The highest BCUT2D eigenvalue weighted by atomic mass is 16.5. The Labute approximate surface area is 152 Å². The lowest BCUT2D eigenvalue weighted by Crippen LogP contribution is -2.45. The average Bonchev–Trinajstić information content (AvgIpc) is 3.07. The van der Waals surface area contributed by atoms with Crippen molar-refractivity contribution in [2.45, 2.75) is 52.3 Å². The molecule has 1 saturated heterocycles. The summed E-state index contributed by atoms with van der Waals surface area (Å²) in [5.41, 5.74) is 2.56. The molecule has 0 aliphatic carbocycles. The zero-order chi connectivity index (χ0) is 18.1. The lowest BCUT2D eigenvalue weighted by Gasteiger charge is -2.24. The van der Waals surface area contributed by atoms with Crippen molar-refractivity contribution >= 4 is 5.96 Å². The summed E-state index contributed by atoms with van der Waals surface area (Å²) in [6, 6.07) is 8.83. The van der Waals surface area contributed by atoms with E-state index in [0.717, 1.165) is 58.1 Å². The number of rotatable bonds is 8. The molecule has 1 aromatic rings. The molecule has 1 aromatic carbocycles. The number of hydrogen-bond donors (Lipinski definition) is 2. The lowest BCUT2D eigenvalue weighted by molar-refractivity contribution is 0.0243. The van der Waals surface area contributed by atoms with Crippen molar-refractivity contribution in [2.75, 3.05) is 33.3 Å². The summed E-state index contributed by atoms with van der Waals surface area (Å²) in [5.74, 6) is 0.823. The smallest absolute Gasteiger partial charge is 0.191 e. The molecule has 0 amide bonds. The lowest BCUT2D eigenvalue weighted by atomic mass is 10.0. The summed E-state index contributed by atoms with van der Waals surface area (Å²) in [4.78, 5) is 6.73. The van der Waals surface area contributed by atoms with Gasteiger partial charge in [-0.05, 0) is 44.0 Å². The van der Waals surface area contributed by atoms with Gasteiger partial charge in [-0.15, -0.1) is 0 Å². The maximum absolute atomic E-state index is 5.81. The molecule has 140 valence electrons. The van der Waals surface area contributed by atoms with Gasteiger partial charge in [-0.2, -0.15) is 0 Å². The fraction of sp³-hybridized carbons (Fsp3) is 0.650. The molecular formula is C20H34N4O. The van der Waals surface area contributed by atoms with Gasteiger partial charge in [-0.25, -0.2) is 0 Å². The first-order valence-corrected chi connectivity index (χ1v) is 9.47. The van der Waals surface area contributed by atoms with Gasteiger partial charge in [0.05, 0.1) is 5.60 Å². The van der Waals surface area contributed by atoms with E-state index in [9.17, 15) is 0 Å². The molecule has 0 saturated carbocycles. The molecule has 1 heterocycles. The number of hydrogen-bond acceptors (Lipinski definition) is 3. The standard InChI is InChI=1S/C20H34N4O/c1-5-24(6-2)15-18-10-8-17(9-11-18)14-22-19(21-4)23-16-20(3)12-7-13-25-20/h8-11H,5-7,12-16H2,1-4H3,(H2,21,22,23). The van der Waals surface area contributed by atoms with Gasteiger partial charge in [0.1, 0.15) is 0 Å². The van der Waals surface area contributed by atoms with E-state index >= 15 is 0 Å². The molecule has 5 nitrogen and oxygen atoms in total. The summed E-state index contributed by atoms with van der Waals surface area (Å²) < 4.78 is 5.81. The Balaban J connectivity index is 1.78. The highest BCUT2D eigenvalue weighted by Crippen LogP contribution is 2.23. The zero-order valence-electron chi connectivity index (χ0n) is 16.3. The molecule has 0 radical (unpaired) electrons. The summed E-state index contributed by atoms with van der Waals surface area (Å²) in [6.45, 7) is 12.2. The van der Waals surface area contributed by atoms with Crippen LogP contribution in [0.5, 0.6) is 0 Å². The van der Waals surface area contributed by atoms with Gasteiger partial charge in [0.15, 0.2) is 5.96 Å². The molecule has 0 bridgehead atoms. The van der Waals surface area contributed by atoms with Gasteiger partial charge in [-0.1, -0.05) is 38.1 Å². The molecule has 1 fully saturated rings. The van der Waals surface area contributed by atoms with Crippen molar-refractivity contribution in [3.63, 3.8) is 0 Å². The van der Waals surface area contributed by atoms with Crippen LogP contribution in [0, 0.1) is 0 Å². The number of nitrogens with zero attached hydrogens (tertiary/aromatic N) is 2. The van der Waals surface area contributed by atoms with Crippen molar-refractivity contribution in [1.29, 1.82) is 0 Å². The van der Waals surface area contributed by atoms with Crippen molar-refractivity contribution < 1.29 is 4.74 Å². The highest BCUT2D eigenvalue weighted by molar-refractivity contribution is 5.79. The SMILES string of the molecule is CCN(CC)Cc1ccc(CNC(=NC)NCC2(C)CCCO2)cc1. The van der Waals surface area contributed by atoms with E-state index in [4.69, 9.17) is 4.74 Å². The van der Waals surface area contributed by atoms with Crippen LogP contribution in [0.4, 0.5) is 0 Å². The van der Waals surface area contributed by atoms with Crippen LogP contribution in [0.25, 0.3) is 0 Å². The first-order chi connectivity index (χ1) is 12.1. The topological polar surface area (TPSA) is 48.9 Å². The Kier molecular flexibility index (Phi) is 7.72. The predicted octanol–water partition coefficient (Wildman–Crippen LogP) is 2.76. The molecule has 25 heavy (non-hydrogen) atoms. The van der Waals surface area contributed by atoms with Crippen molar-refractivity contribution in [2.24, 2.45) is 4.99 Å². The third-order valence-corrected chi connectivity index (χ3v) is 4.94. The van der Waals surface area contributed by atoms with Crippen LogP contribution >= 0.6 is 0 Å². The Morgan fingerprint density at radius 1 is 1.16 bits per heavy atom. The van der Waals surface area contributed by atoms with Crippen LogP contribution in [0.1, 0.15) is 44.7 Å². The minimum absolute atomic E-state index is 0.0658. The molecule has 1 aliphatic rings. The number of ether oxygens (including phenoxy) is 1. The second kappa shape index (κ2) is 9.78. The summed E-state index contributed by atoms with van der Waals surface area (Å²) in [6.07, 6.45) is 2.25. The number of nitrogens with one attached hydrogen (secondary N) is 2. The van der Waals surface area contributed by atoms with Crippen molar-refractivity contribution in [3.8, 4) is 0 Å². The average molecular weight is 347 g/mol. The fourth-order valence-corrected chi connectivity index (χ4v) is 3.12.